The van der Waals surface area contributed by atoms with E-state index in [1.165, 1.54) is 6.42 Å². The highest BCUT2D eigenvalue weighted by Gasteiger charge is 2.25. The van der Waals surface area contributed by atoms with Crippen molar-refractivity contribution in [2.24, 2.45) is 5.92 Å². The van der Waals surface area contributed by atoms with Gasteiger partial charge in [0.2, 0.25) is 5.91 Å². The van der Waals surface area contributed by atoms with Gasteiger partial charge in [0.25, 0.3) is 0 Å². The minimum Gasteiger partial charge on any atom is -0.491 e. The lowest BCUT2D eigenvalue weighted by molar-refractivity contribution is -0.122. The Hall–Kier alpha value is -1.55. The number of ether oxygens (including phenoxy) is 1. The first-order valence-electron chi connectivity index (χ1n) is 7.05. The fourth-order valence-corrected chi connectivity index (χ4v) is 2.84. The van der Waals surface area contributed by atoms with Crippen LogP contribution in [0.2, 0.25) is 0 Å². The highest BCUT2D eigenvalue weighted by Crippen LogP contribution is 2.31. The smallest absolute Gasteiger partial charge is 0.220 e. The van der Waals surface area contributed by atoms with E-state index in [1.54, 1.807) is 0 Å². The van der Waals surface area contributed by atoms with Crippen LogP contribution in [0.3, 0.4) is 0 Å². The van der Waals surface area contributed by atoms with Crippen molar-refractivity contribution >= 4 is 5.91 Å². The monoisotopic (exact) mass is 260 g/mol. The largest absolute Gasteiger partial charge is 0.491 e. The van der Waals surface area contributed by atoms with Gasteiger partial charge in [-0.15, -0.1) is 0 Å². The average Bonchev–Trinajstić information content (AvgIpc) is 3.07. The van der Waals surface area contributed by atoms with Gasteiger partial charge in [-0.1, -0.05) is 18.2 Å². The molecule has 0 saturated carbocycles. The number of carbonyl (C=O) groups is 1. The van der Waals surface area contributed by atoms with E-state index in [1.807, 2.05) is 24.3 Å². The maximum absolute atomic E-state index is 12.0. The number of hydrogen-bond donors (Lipinski definition) is 2. The van der Waals surface area contributed by atoms with Crippen LogP contribution in [-0.4, -0.2) is 25.6 Å². The van der Waals surface area contributed by atoms with Gasteiger partial charge in [-0.2, -0.15) is 0 Å². The van der Waals surface area contributed by atoms with E-state index >= 15 is 0 Å². The molecule has 2 aliphatic rings. The first-order valence-corrected chi connectivity index (χ1v) is 7.05. The normalized spacial score (nSPS) is 24.8. The molecule has 0 bridgehead atoms. The Morgan fingerprint density at radius 3 is 3.16 bits per heavy atom. The Morgan fingerprint density at radius 2 is 2.32 bits per heavy atom. The zero-order valence-corrected chi connectivity index (χ0v) is 11.0. The second-order valence-electron chi connectivity index (χ2n) is 5.37. The molecule has 0 spiro atoms. The molecule has 1 aromatic carbocycles. The van der Waals surface area contributed by atoms with Gasteiger partial charge in [-0.3, -0.25) is 4.79 Å². The number of fused-ring (bicyclic) bond motifs is 1. The first-order chi connectivity index (χ1) is 9.33. The van der Waals surface area contributed by atoms with Crippen LogP contribution in [0.15, 0.2) is 24.3 Å². The number of benzene rings is 1. The van der Waals surface area contributed by atoms with E-state index in [9.17, 15) is 4.79 Å². The average molecular weight is 260 g/mol. The van der Waals surface area contributed by atoms with Crippen molar-refractivity contribution in [2.75, 3.05) is 19.7 Å². The summed E-state index contributed by atoms with van der Waals surface area (Å²) in [5, 5.41) is 6.41. The molecule has 102 valence electrons. The predicted molar refractivity (Wildman–Crippen MR) is 73.0 cm³/mol. The Balaban J connectivity index is 1.50. The topological polar surface area (TPSA) is 50.4 Å². The van der Waals surface area contributed by atoms with Crippen LogP contribution in [-0.2, 0) is 4.79 Å². The van der Waals surface area contributed by atoms with E-state index in [0.717, 1.165) is 30.8 Å². The third-order valence-electron chi connectivity index (χ3n) is 3.98. The van der Waals surface area contributed by atoms with E-state index in [4.69, 9.17) is 4.74 Å². The molecule has 4 nitrogen and oxygen atoms in total. The van der Waals surface area contributed by atoms with Gasteiger partial charge < -0.3 is 15.4 Å². The maximum atomic E-state index is 12.0. The van der Waals surface area contributed by atoms with Gasteiger partial charge in [-0.25, -0.2) is 0 Å². The number of rotatable bonds is 4. The zero-order chi connectivity index (χ0) is 13.1. The quantitative estimate of drug-likeness (QED) is 0.865. The Labute approximate surface area is 113 Å². The predicted octanol–water partition coefficient (Wildman–Crippen LogP) is 1.63. The molecule has 1 aromatic rings. The van der Waals surface area contributed by atoms with Gasteiger partial charge >= 0.3 is 0 Å². The summed E-state index contributed by atoms with van der Waals surface area (Å²) in [5.74, 6) is 1.70. The van der Waals surface area contributed by atoms with Gasteiger partial charge in [0.1, 0.15) is 12.4 Å². The standard InChI is InChI=1S/C15H20N2O2/c18-15(6-5-11-7-8-16-9-11)17-13-10-19-14-4-2-1-3-12(13)14/h1-4,11,13,16H,5-10H2,(H,17,18). The van der Waals surface area contributed by atoms with Crippen LogP contribution in [0.4, 0.5) is 0 Å². The van der Waals surface area contributed by atoms with Crippen molar-refractivity contribution in [3.8, 4) is 5.75 Å². The summed E-state index contributed by atoms with van der Waals surface area (Å²) >= 11 is 0. The molecule has 2 unspecified atom stereocenters. The number of carbonyl (C=O) groups excluding carboxylic acids is 1. The van der Waals surface area contributed by atoms with Crippen molar-refractivity contribution < 1.29 is 9.53 Å². The van der Waals surface area contributed by atoms with Gasteiger partial charge in [0, 0.05) is 12.0 Å². The molecule has 19 heavy (non-hydrogen) atoms. The van der Waals surface area contributed by atoms with E-state index in [-0.39, 0.29) is 11.9 Å². The maximum Gasteiger partial charge on any atom is 0.220 e. The minimum atomic E-state index is 0.0189. The van der Waals surface area contributed by atoms with Crippen LogP contribution in [0, 0.1) is 5.92 Å². The molecule has 0 aliphatic carbocycles. The molecule has 1 fully saturated rings. The number of hydrogen-bond acceptors (Lipinski definition) is 3. The van der Waals surface area contributed by atoms with E-state index in [0.29, 0.717) is 18.9 Å². The fraction of sp³-hybridized carbons (Fsp3) is 0.533. The number of amides is 1. The van der Waals surface area contributed by atoms with Gasteiger partial charge in [0.15, 0.2) is 0 Å². The highest BCUT2D eigenvalue weighted by atomic mass is 16.5. The summed E-state index contributed by atoms with van der Waals surface area (Å²) in [7, 11) is 0. The number of nitrogens with one attached hydrogen (secondary N) is 2. The van der Waals surface area contributed by atoms with Crippen molar-refractivity contribution in [3.05, 3.63) is 29.8 Å². The Bertz CT molecular complexity index is 455. The van der Waals surface area contributed by atoms with Crippen molar-refractivity contribution in [3.63, 3.8) is 0 Å². The second-order valence-corrected chi connectivity index (χ2v) is 5.37. The van der Waals surface area contributed by atoms with Crippen LogP contribution < -0.4 is 15.4 Å². The fourth-order valence-electron chi connectivity index (χ4n) is 2.84. The lowest BCUT2D eigenvalue weighted by atomic mass is 10.0. The summed E-state index contributed by atoms with van der Waals surface area (Å²) < 4.78 is 5.57. The van der Waals surface area contributed by atoms with Gasteiger partial charge in [-0.05, 0) is 37.9 Å². The highest BCUT2D eigenvalue weighted by molar-refractivity contribution is 5.76. The molecule has 2 heterocycles. The summed E-state index contributed by atoms with van der Waals surface area (Å²) in [6.07, 6.45) is 2.79. The molecule has 4 heteroatoms. The van der Waals surface area contributed by atoms with Crippen LogP contribution in [0.5, 0.6) is 5.75 Å². The summed E-state index contributed by atoms with van der Waals surface area (Å²) in [4.78, 5) is 12.0. The lowest BCUT2D eigenvalue weighted by Gasteiger charge is -2.13. The van der Waals surface area contributed by atoms with E-state index in [2.05, 4.69) is 10.6 Å². The first kappa shape index (κ1) is 12.5. The molecular formula is C15H20N2O2. The van der Waals surface area contributed by atoms with Crippen molar-refractivity contribution in [1.82, 2.24) is 10.6 Å². The summed E-state index contributed by atoms with van der Waals surface area (Å²) in [6.45, 7) is 2.70. The number of para-hydroxylation sites is 1. The molecule has 2 N–H and O–H groups in total. The summed E-state index contributed by atoms with van der Waals surface area (Å²) in [6, 6.07) is 7.93. The molecule has 2 aliphatic heterocycles. The van der Waals surface area contributed by atoms with Gasteiger partial charge in [0.05, 0.1) is 6.04 Å². The lowest BCUT2D eigenvalue weighted by Crippen LogP contribution is -2.29. The van der Waals surface area contributed by atoms with Crippen LogP contribution in [0.1, 0.15) is 30.9 Å². The van der Waals surface area contributed by atoms with Crippen LogP contribution in [0.25, 0.3) is 0 Å². The van der Waals surface area contributed by atoms with Crippen molar-refractivity contribution in [1.29, 1.82) is 0 Å². The molecule has 3 rings (SSSR count). The Morgan fingerprint density at radius 1 is 1.42 bits per heavy atom. The molecular weight excluding hydrogens is 240 g/mol. The third kappa shape index (κ3) is 2.89. The molecule has 0 aromatic heterocycles. The second kappa shape index (κ2) is 5.61. The Kier molecular flexibility index (Phi) is 3.69. The van der Waals surface area contributed by atoms with E-state index < -0.39 is 0 Å². The molecule has 0 radical (unpaired) electrons. The molecule has 1 amide bonds. The van der Waals surface area contributed by atoms with Crippen molar-refractivity contribution in [2.45, 2.75) is 25.3 Å². The molecule has 1 saturated heterocycles. The SMILES string of the molecule is O=C(CCC1CCNC1)NC1COc2ccccc21. The summed E-state index contributed by atoms with van der Waals surface area (Å²) in [5.41, 5.74) is 1.10. The zero-order valence-electron chi connectivity index (χ0n) is 11.0. The molecule has 2 atom stereocenters. The third-order valence-corrected chi connectivity index (χ3v) is 3.98. The van der Waals surface area contributed by atoms with Crippen LogP contribution >= 0.6 is 0 Å². The minimum absolute atomic E-state index is 0.0189.